The second-order valence-electron chi connectivity index (χ2n) is 7.76. The predicted octanol–water partition coefficient (Wildman–Crippen LogP) is 5.75. The number of hydrogen-bond donors (Lipinski definition) is 0. The van der Waals surface area contributed by atoms with Crippen molar-refractivity contribution in [2.24, 2.45) is 0 Å². The van der Waals surface area contributed by atoms with Crippen molar-refractivity contribution in [1.29, 1.82) is 0 Å². The van der Waals surface area contributed by atoms with Gasteiger partial charge in [0.2, 0.25) is 0 Å². The molecule has 35 heavy (non-hydrogen) atoms. The first-order valence-electron chi connectivity index (χ1n) is 10.5. The summed E-state index contributed by atoms with van der Waals surface area (Å²) in [7, 11) is -1.32. The largest absolute Gasteiger partial charge is 0.586 e. The topological polar surface area (TPSA) is 36.9 Å². The lowest BCUT2D eigenvalue weighted by Crippen LogP contribution is -2.27. The molecule has 2 aliphatic heterocycles. The Kier molecular flexibility index (Phi) is 4.90. The molecule has 0 bridgehead atoms. The quantitative estimate of drug-likeness (QED) is 0.265. The van der Waals surface area contributed by atoms with Gasteiger partial charge in [0.1, 0.15) is 0 Å². The third-order valence-corrected chi connectivity index (χ3v) is 8.00. The van der Waals surface area contributed by atoms with E-state index in [0.29, 0.717) is 5.30 Å². The lowest BCUT2D eigenvalue weighted by Gasteiger charge is -2.23. The SMILES string of the molecule is FC1(F)Oc2cccc(-c3c(P(c4ccccc4)c4ccccc4)ccc4c3OC(F)(F)O4)c2O1. The molecule has 0 aliphatic carbocycles. The van der Waals surface area contributed by atoms with Crippen LogP contribution in [0.4, 0.5) is 17.6 Å². The fourth-order valence-corrected chi connectivity index (χ4v) is 6.66. The van der Waals surface area contributed by atoms with Crippen molar-refractivity contribution >= 4 is 23.8 Å². The molecule has 0 saturated carbocycles. The standard InChI is InChI=1S/C26H15F4O4P/c27-25(28)31-19-13-7-12-18(23(19)33-25)22-21(15-14-20-24(22)34-26(29,30)32-20)35(16-8-3-1-4-9-16)17-10-5-2-6-11-17/h1-15H. The fraction of sp³-hybridized carbons (Fsp3) is 0.0769. The van der Waals surface area contributed by atoms with Crippen LogP contribution < -0.4 is 34.9 Å². The Hall–Kier alpha value is -3.77. The van der Waals surface area contributed by atoms with Crippen LogP contribution in [0.1, 0.15) is 0 Å². The molecule has 0 aromatic heterocycles. The maximum Gasteiger partial charge on any atom is 0.586 e. The van der Waals surface area contributed by atoms with Crippen molar-refractivity contribution < 1.29 is 36.5 Å². The zero-order valence-corrected chi connectivity index (χ0v) is 18.6. The van der Waals surface area contributed by atoms with Crippen molar-refractivity contribution in [2.45, 2.75) is 12.6 Å². The van der Waals surface area contributed by atoms with E-state index in [1.807, 2.05) is 60.7 Å². The normalized spacial score (nSPS) is 16.5. The van der Waals surface area contributed by atoms with Gasteiger partial charge in [-0.3, -0.25) is 0 Å². The summed E-state index contributed by atoms with van der Waals surface area (Å²) < 4.78 is 75.4. The Morgan fingerprint density at radius 2 is 1.06 bits per heavy atom. The smallest absolute Gasteiger partial charge is 0.395 e. The van der Waals surface area contributed by atoms with Gasteiger partial charge in [-0.05, 0) is 42.0 Å². The van der Waals surface area contributed by atoms with Crippen molar-refractivity contribution in [2.75, 3.05) is 0 Å². The minimum absolute atomic E-state index is 0.132. The summed E-state index contributed by atoms with van der Waals surface area (Å²) in [5.74, 6) is -0.917. The first-order chi connectivity index (χ1) is 16.8. The number of hydrogen-bond acceptors (Lipinski definition) is 4. The molecule has 0 amide bonds. The molecular weight excluding hydrogens is 483 g/mol. The Balaban J connectivity index is 1.65. The van der Waals surface area contributed by atoms with Gasteiger partial charge in [0.25, 0.3) is 0 Å². The highest BCUT2D eigenvalue weighted by Crippen LogP contribution is 2.55. The molecule has 4 nitrogen and oxygen atoms in total. The Morgan fingerprint density at radius 1 is 0.514 bits per heavy atom. The van der Waals surface area contributed by atoms with Crippen LogP contribution >= 0.6 is 7.92 Å². The number of benzene rings is 4. The third kappa shape index (κ3) is 3.84. The van der Waals surface area contributed by atoms with Gasteiger partial charge in [-0.15, -0.1) is 17.6 Å². The van der Waals surface area contributed by atoms with Gasteiger partial charge in [-0.1, -0.05) is 72.8 Å². The third-order valence-electron chi connectivity index (χ3n) is 5.52. The van der Waals surface area contributed by atoms with Crippen LogP contribution in [0.5, 0.6) is 23.0 Å². The van der Waals surface area contributed by atoms with Gasteiger partial charge in [0, 0.05) is 11.1 Å². The molecule has 6 rings (SSSR count). The predicted molar refractivity (Wildman–Crippen MR) is 123 cm³/mol. The number of halogens is 4. The van der Waals surface area contributed by atoms with Gasteiger partial charge in [0.05, 0.1) is 0 Å². The molecular formula is C26H15F4O4P. The van der Waals surface area contributed by atoms with E-state index >= 15 is 0 Å². The highest BCUT2D eigenvalue weighted by Gasteiger charge is 2.48. The first kappa shape index (κ1) is 21.7. The van der Waals surface area contributed by atoms with Crippen LogP contribution in [-0.2, 0) is 0 Å². The molecule has 4 aromatic carbocycles. The van der Waals surface area contributed by atoms with Gasteiger partial charge >= 0.3 is 12.6 Å². The lowest BCUT2D eigenvalue weighted by atomic mass is 10.0. The summed E-state index contributed by atoms with van der Waals surface area (Å²) in [6, 6.07) is 26.4. The maximum atomic E-state index is 14.2. The van der Waals surface area contributed by atoms with Crippen LogP contribution in [0.2, 0.25) is 0 Å². The van der Waals surface area contributed by atoms with E-state index in [4.69, 9.17) is 14.2 Å². The van der Waals surface area contributed by atoms with Gasteiger partial charge in [-0.25, -0.2) is 0 Å². The van der Waals surface area contributed by atoms with E-state index in [-0.39, 0.29) is 34.1 Å². The van der Waals surface area contributed by atoms with Crippen molar-refractivity contribution in [1.82, 2.24) is 0 Å². The summed E-state index contributed by atoms with van der Waals surface area (Å²) in [5, 5.41) is 2.45. The fourth-order valence-electron chi connectivity index (χ4n) is 4.20. The second-order valence-corrected chi connectivity index (χ2v) is 9.95. The maximum absolute atomic E-state index is 14.2. The molecule has 176 valence electrons. The van der Waals surface area contributed by atoms with Crippen molar-refractivity contribution in [3.63, 3.8) is 0 Å². The minimum atomic E-state index is -3.91. The molecule has 2 heterocycles. The molecule has 2 aliphatic rings. The van der Waals surface area contributed by atoms with Crippen LogP contribution in [0.25, 0.3) is 11.1 Å². The van der Waals surface area contributed by atoms with E-state index in [0.717, 1.165) is 10.6 Å². The molecule has 0 saturated heterocycles. The molecule has 0 fully saturated rings. The molecule has 4 aromatic rings. The van der Waals surface area contributed by atoms with Crippen molar-refractivity contribution in [3.05, 3.63) is 91.0 Å². The van der Waals surface area contributed by atoms with E-state index in [1.54, 1.807) is 6.07 Å². The number of rotatable bonds is 4. The van der Waals surface area contributed by atoms with Crippen LogP contribution in [0, 0.1) is 0 Å². The highest BCUT2D eigenvalue weighted by atomic mass is 31.1. The summed E-state index contributed by atoms with van der Waals surface area (Å²) >= 11 is 0. The lowest BCUT2D eigenvalue weighted by molar-refractivity contribution is -0.287. The molecule has 0 unspecified atom stereocenters. The van der Waals surface area contributed by atoms with E-state index in [1.165, 1.54) is 24.3 Å². The Bertz CT molecular complexity index is 1370. The number of para-hydroxylation sites is 1. The van der Waals surface area contributed by atoms with Crippen LogP contribution in [-0.4, -0.2) is 12.6 Å². The second kappa shape index (κ2) is 7.89. The van der Waals surface area contributed by atoms with Crippen LogP contribution in [0.3, 0.4) is 0 Å². The molecule has 0 N–H and O–H groups in total. The van der Waals surface area contributed by atoms with Gasteiger partial charge < -0.3 is 18.9 Å². The number of fused-ring (bicyclic) bond motifs is 2. The molecule has 0 atom stereocenters. The molecule has 0 radical (unpaired) electrons. The Morgan fingerprint density at radius 3 is 1.66 bits per heavy atom. The average Bonchev–Trinajstić information content (AvgIpc) is 3.33. The number of alkyl halides is 4. The average molecular weight is 498 g/mol. The van der Waals surface area contributed by atoms with Crippen molar-refractivity contribution in [3.8, 4) is 34.1 Å². The minimum Gasteiger partial charge on any atom is -0.395 e. The Labute approximate surface area is 198 Å². The van der Waals surface area contributed by atoms with Crippen LogP contribution in [0.15, 0.2) is 91.0 Å². The first-order valence-corrected chi connectivity index (χ1v) is 11.9. The monoisotopic (exact) mass is 498 g/mol. The summed E-state index contributed by atoms with van der Waals surface area (Å²) in [6.45, 7) is 0. The summed E-state index contributed by atoms with van der Waals surface area (Å²) in [4.78, 5) is 0. The van der Waals surface area contributed by atoms with Gasteiger partial charge in [0.15, 0.2) is 23.0 Å². The highest BCUT2D eigenvalue weighted by molar-refractivity contribution is 7.80. The number of ether oxygens (including phenoxy) is 4. The summed E-state index contributed by atoms with van der Waals surface area (Å²) in [5.41, 5.74) is 0.309. The zero-order valence-electron chi connectivity index (χ0n) is 17.8. The van der Waals surface area contributed by atoms with E-state index in [9.17, 15) is 17.6 Å². The zero-order chi connectivity index (χ0) is 24.2. The molecule has 9 heteroatoms. The molecule has 0 spiro atoms. The van der Waals surface area contributed by atoms with Gasteiger partial charge in [-0.2, -0.15) is 0 Å². The van der Waals surface area contributed by atoms with E-state index in [2.05, 4.69) is 4.74 Å². The van der Waals surface area contributed by atoms with E-state index < -0.39 is 20.5 Å². The summed E-state index contributed by atoms with van der Waals surface area (Å²) in [6.07, 6.45) is -7.79.